The number of ether oxygens (including phenoxy) is 1. The summed E-state index contributed by atoms with van der Waals surface area (Å²) in [5.74, 6) is 3.00. The smallest absolute Gasteiger partial charge is 0.181 e. The third-order valence-electron chi connectivity index (χ3n) is 3.55. The zero-order chi connectivity index (χ0) is 13.4. The summed E-state index contributed by atoms with van der Waals surface area (Å²) < 4.78 is 7.10. The van der Waals surface area contributed by atoms with Gasteiger partial charge in [-0.1, -0.05) is 6.92 Å². The average Bonchev–Trinajstić information content (AvgIpc) is 2.83. The number of methoxy groups -OCH3 is 1. The highest BCUT2D eigenvalue weighted by Crippen LogP contribution is 2.27. The Labute approximate surface area is 112 Å². The molecule has 0 saturated carbocycles. The van der Waals surface area contributed by atoms with E-state index in [2.05, 4.69) is 17.0 Å². The Morgan fingerprint density at radius 3 is 2.74 bits per heavy atom. The van der Waals surface area contributed by atoms with Crippen LogP contribution < -0.4 is 10.5 Å². The molecule has 2 aromatic rings. The Balaban J connectivity index is 1.95. The summed E-state index contributed by atoms with van der Waals surface area (Å²) in [5, 5.41) is 4.56. The first-order chi connectivity index (χ1) is 9.17. The maximum absolute atomic E-state index is 6.02. The van der Waals surface area contributed by atoms with Gasteiger partial charge in [-0.3, -0.25) is 0 Å². The molecule has 2 N–H and O–H groups in total. The van der Waals surface area contributed by atoms with Crippen LogP contribution in [0.15, 0.2) is 24.3 Å². The van der Waals surface area contributed by atoms with Crippen molar-refractivity contribution in [3.05, 3.63) is 30.1 Å². The van der Waals surface area contributed by atoms with Gasteiger partial charge in [0.05, 0.1) is 13.7 Å². The van der Waals surface area contributed by atoms with Gasteiger partial charge in [-0.15, -0.1) is 0 Å². The summed E-state index contributed by atoms with van der Waals surface area (Å²) >= 11 is 0. The predicted molar refractivity (Wildman–Crippen MR) is 73.0 cm³/mol. The standard InChI is InChI=1S/C14H18N4O/c1-9-7-11(15)8-18-14(9)16-13(17-18)10-3-5-12(19-2)6-4-10/h3-6,9,11H,7-8,15H2,1-2H3. The number of hydrogen-bond acceptors (Lipinski definition) is 4. The van der Waals surface area contributed by atoms with Crippen molar-refractivity contribution < 1.29 is 4.74 Å². The number of aromatic nitrogens is 3. The number of hydrogen-bond donors (Lipinski definition) is 1. The van der Waals surface area contributed by atoms with E-state index in [1.807, 2.05) is 28.9 Å². The molecular weight excluding hydrogens is 240 g/mol. The first-order valence-electron chi connectivity index (χ1n) is 6.52. The maximum Gasteiger partial charge on any atom is 0.181 e. The number of fused-ring (bicyclic) bond motifs is 1. The fraction of sp³-hybridized carbons (Fsp3) is 0.429. The van der Waals surface area contributed by atoms with Crippen molar-refractivity contribution in [2.45, 2.75) is 31.8 Å². The highest BCUT2D eigenvalue weighted by atomic mass is 16.5. The fourth-order valence-corrected chi connectivity index (χ4v) is 2.57. The van der Waals surface area contributed by atoms with E-state index in [1.54, 1.807) is 7.11 Å². The lowest BCUT2D eigenvalue weighted by Gasteiger charge is -2.23. The van der Waals surface area contributed by atoms with E-state index >= 15 is 0 Å². The van der Waals surface area contributed by atoms with Crippen LogP contribution in [0.5, 0.6) is 5.75 Å². The van der Waals surface area contributed by atoms with E-state index in [-0.39, 0.29) is 6.04 Å². The maximum atomic E-state index is 6.02. The van der Waals surface area contributed by atoms with Gasteiger partial charge in [0, 0.05) is 17.5 Å². The Morgan fingerprint density at radius 2 is 2.05 bits per heavy atom. The van der Waals surface area contributed by atoms with Crippen LogP contribution in [-0.2, 0) is 6.54 Å². The molecule has 2 unspecified atom stereocenters. The third-order valence-corrected chi connectivity index (χ3v) is 3.55. The molecule has 100 valence electrons. The minimum absolute atomic E-state index is 0.174. The first kappa shape index (κ1) is 12.2. The van der Waals surface area contributed by atoms with Crippen LogP contribution in [0, 0.1) is 0 Å². The molecule has 5 nitrogen and oxygen atoms in total. The number of nitrogens with zero attached hydrogens (tertiary/aromatic N) is 3. The van der Waals surface area contributed by atoms with Crippen molar-refractivity contribution in [1.82, 2.24) is 14.8 Å². The molecule has 2 heterocycles. The second kappa shape index (κ2) is 4.66. The molecular formula is C14H18N4O. The van der Waals surface area contributed by atoms with Gasteiger partial charge in [-0.2, -0.15) is 5.10 Å². The molecule has 0 aliphatic carbocycles. The normalized spacial score (nSPS) is 22.1. The highest BCUT2D eigenvalue weighted by Gasteiger charge is 2.25. The van der Waals surface area contributed by atoms with Gasteiger partial charge < -0.3 is 10.5 Å². The van der Waals surface area contributed by atoms with Gasteiger partial charge in [-0.05, 0) is 30.7 Å². The average molecular weight is 258 g/mol. The number of nitrogens with two attached hydrogens (primary N) is 1. The van der Waals surface area contributed by atoms with Crippen molar-refractivity contribution in [2.24, 2.45) is 5.73 Å². The molecule has 1 aliphatic heterocycles. The number of rotatable bonds is 2. The van der Waals surface area contributed by atoms with E-state index in [0.717, 1.165) is 35.9 Å². The molecule has 0 saturated heterocycles. The van der Waals surface area contributed by atoms with Crippen LogP contribution in [0.2, 0.25) is 0 Å². The van der Waals surface area contributed by atoms with Gasteiger partial charge in [0.15, 0.2) is 5.82 Å². The zero-order valence-electron chi connectivity index (χ0n) is 11.2. The molecule has 5 heteroatoms. The molecule has 0 bridgehead atoms. The molecule has 0 amide bonds. The highest BCUT2D eigenvalue weighted by molar-refractivity contribution is 5.56. The molecule has 0 fully saturated rings. The van der Waals surface area contributed by atoms with Crippen molar-refractivity contribution >= 4 is 0 Å². The van der Waals surface area contributed by atoms with Crippen LogP contribution in [0.4, 0.5) is 0 Å². The van der Waals surface area contributed by atoms with Crippen LogP contribution in [-0.4, -0.2) is 27.9 Å². The minimum Gasteiger partial charge on any atom is -0.497 e. The Morgan fingerprint density at radius 1 is 1.32 bits per heavy atom. The van der Waals surface area contributed by atoms with E-state index < -0.39 is 0 Å². The summed E-state index contributed by atoms with van der Waals surface area (Å²) in [6, 6.07) is 7.97. The second-order valence-electron chi connectivity index (χ2n) is 5.10. The van der Waals surface area contributed by atoms with Gasteiger partial charge in [0.1, 0.15) is 11.6 Å². The summed E-state index contributed by atoms with van der Waals surface area (Å²) in [5.41, 5.74) is 7.02. The van der Waals surface area contributed by atoms with Gasteiger partial charge in [0.25, 0.3) is 0 Å². The number of benzene rings is 1. The fourth-order valence-electron chi connectivity index (χ4n) is 2.57. The lowest BCUT2D eigenvalue weighted by atomic mass is 9.98. The minimum atomic E-state index is 0.174. The quantitative estimate of drug-likeness (QED) is 0.891. The Hall–Kier alpha value is -1.88. The van der Waals surface area contributed by atoms with Crippen LogP contribution in [0.1, 0.15) is 25.1 Å². The van der Waals surface area contributed by atoms with Gasteiger partial charge in [0.2, 0.25) is 0 Å². The molecule has 0 radical (unpaired) electrons. The summed E-state index contributed by atoms with van der Waals surface area (Å²) in [7, 11) is 1.66. The van der Waals surface area contributed by atoms with Crippen LogP contribution in [0.3, 0.4) is 0 Å². The first-order valence-corrected chi connectivity index (χ1v) is 6.52. The molecule has 1 aromatic heterocycles. The molecule has 1 aliphatic rings. The van der Waals surface area contributed by atoms with Crippen molar-refractivity contribution in [2.75, 3.05) is 7.11 Å². The van der Waals surface area contributed by atoms with Crippen molar-refractivity contribution in [1.29, 1.82) is 0 Å². The summed E-state index contributed by atoms with van der Waals surface area (Å²) in [6.45, 7) is 2.90. The van der Waals surface area contributed by atoms with Gasteiger partial charge >= 0.3 is 0 Å². The van der Waals surface area contributed by atoms with Crippen molar-refractivity contribution in [3.63, 3.8) is 0 Å². The van der Waals surface area contributed by atoms with Crippen LogP contribution >= 0.6 is 0 Å². The Kier molecular flexibility index (Phi) is 2.98. The lowest BCUT2D eigenvalue weighted by molar-refractivity contribution is 0.382. The van der Waals surface area contributed by atoms with Gasteiger partial charge in [-0.25, -0.2) is 9.67 Å². The zero-order valence-corrected chi connectivity index (χ0v) is 11.2. The summed E-state index contributed by atoms with van der Waals surface area (Å²) in [4.78, 5) is 4.65. The third kappa shape index (κ3) is 2.21. The van der Waals surface area contributed by atoms with Crippen LogP contribution in [0.25, 0.3) is 11.4 Å². The lowest BCUT2D eigenvalue weighted by Crippen LogP contribution is -2.34. The summed E-state index contributed by atoms with van der Waals surface area (Å²) in [6.07, 6.45) is 0.973. The SMILES string of the molecule is COc1ccc(-c2nc3n(n2)CC(N)CC3C)cc1. The molecule has 1 aromatic carbocycles. The monoisotopic (exact) mass is 258 g/mol. The van der Waals surface area contributed by atoms with E-state index in [1.165, 1.54) is 0 Å². The molecule has 19 heavy (non-hydrogen) atoms. The Bertz CT molecular complexity index is 576. The largest absolute Gasteiger partial charge is 0.497 e. The predicted octanol–water partition coefficient (Wildman–Crippen LogP) is 1.79. The molecule has 3 rings (SSSR count). The topological polar surface area (TPSA) is 66.0 Å². The molecule has 0 spiro atoms. The molecule has 2 atom stereocenters. The van der Waals surface area contributed by atoms with Crippen molar-refractivity contribution in [3.8, 4) is 17.1 Å². The van der Waals surface area contributed by atoms with E-state index in [0.29, 0.717) is 5.92 Å². The van der Waals surface area contributed by atoms with E-state index in [9.17, 15) is 0 Å². The van der Waals surface area contributed by atoms with E-state index in [4.69, 9.17) is 10.5 Å². The second-order valence-corrected chi connectivity index (χ2v) is 5.10.